The van der Waals surface area contributed by atoms with Crippen molar-refractivity contribution < 1.29 is 14.3 Å². The summed E-state index contributed by atoms with van der Waals surface area (Å²) >= 11 is 6.18. The number of nitrogens with one attached hydrogen (secondary N) is 1. The third-order valence-corrected chi connectivity index (χ3v) is 7.61. The lowest BCUT2D eigenvalue weighted by molar-refractivity contribution is 0.0945. The maximum atomic E-state index is 13.5. The average molecular weight is 491 g/mol. The molecular weight excluding hydrogens is 464 g/mol. The first-order chi connectivity index (χ1) is 17.1. The van der Waals surface area contributed by atoms with E-state index in [1.165, 1.54) is 0 Å². The van der Waals surface area contributed by atoms with Crippen LogP contribution >= 0.6 is 11.6 Å². The lowest BCUT2D eigenvalue weighted by atomic mass is 9.61. The minimum absolute atomic E-state index is 0.175. The molecule has 1 aliphatic carbocycles. The lowest BCUT2D eigenvalue weighted by Gasteiger charge is -2.43. The van der Waals surface area contributed by atoms with Crippen LogP contribution < -0.4 is 19.7 Å². The van der Waals surface area contributed by atoms with Crippen LogP contribution in [0.4, 0.5) is 5.95 Å². The van der Waals surface area contributed by atoms with E-state index in [9.17, 15) is 4.79 Å². The number of hydrogen-bond acceptors (Lipinski definition) is 6. The number of benzene rings is 2. The number of amides is 1. The van der Waals surface area contributed by atoms with E-state index in [0.29, 0.717) is 28.8 Å². The summed E-state index contributed by atoms with van der Waals surface area (Å²) in [7, 11) is 0. The lowest BCUT2D eigenvalue weighted by Crippen LogP contribution is -2.40. The summed E-state index contributed by atoms with van der Waals surface area (Å²) < 4.78 is 10.9. The molecule has 2 fully saturated rings. The quantitative estimate of drug-likeness (QED) is 0.532. The Morgan fingerprint density at radius 1 is 1.03 bits per heavy atom. The van der Waals surface area contributed by atoms with E-state index in [0.717, 1.165) is 67.8 Å². The fourth-order valence-electron chi connectivity index (χ4n) is 5.26. The number of anilines is 1. The van der Waals surface area contributed by atoms with Gasteiger partial charge in [0.15, 0.2) is 11.5 Å². The molecule has 0 spiro atoms. The summed E-state index contributed by atoms with van der Waals surface area (Å²) in [6.45, 7) is 2.49. The maximum absolute atomic E-state index is 13.5. The number of aromatic nitrogens is 2. The second kappa shape index (κ2) is 9.04. The van der Waals surface area contributed by atoms with Crippen LogP contribution in [-0.4, -0.2) is 35.8 Å². The standard InChI is InChI=1S/C27H27ClN4O3/c28-20-7-5-19(6-8-20)27(10-3-11-27)24-21(16-30-26(31-24)32-12-1-2-13-32)25(33)29-15-18-4-9-22-23(14-18)35-17-34-22/h4-9,14,16H,1-3,10-13,15,17H2,(H,29,33). The molecule has 8 heteroatoms. The van der Waals surface area contributed by atoms with Crippen molar-refractivity contribution in [3.8, 4) is 11.5 Å². The predicted molar refractivity (Wildman–Crippen MR) is 133 cm³/mol. The molecule has 2 aromatic carbocycles. The smallest absolute Gasteiger partial charge is 0.255 e. The summed E-state index contributed by atoms with van der Waals surface area (Å²) in [5.74, 6) is 1.96. The molecule has 0 radical (unpaired) electrons. The first-order valence-corrected chi connectivity index (χ1v) is 12.6. The van der Waals surface area contributed by atoms with Crippen molar-refractivity contribution in [2.45, 2.75) is 44.1 Å². The Balaban J connectivity index is 1.33. The van der Waals surface area contributed by atoms with E-state index < -0.39 is 0 Å². The number of fused-ring (bicyclic) bond motifs is 1. The normalized spacial score (nSPS) is 17.8. The number of carbonyl (C=O) groups excluding carboxylic acids is 1. The van der Waals surface area contributed by atoms with E-state index in [-0.39, 0.29) is 18.1 Å². The largest absolute Gasteiger partial charge is 0.454 e. The Morgan fingerprint density at radius 2 is 1.80 bits per heavy atom. The fraction of sp³-hybridized carbons (Fsp3) is 0.370. The molecule has 2 aliphatic heterocycles. The summed E-state index contributed by atoms with van der Waals surface area (Å²) in [5.41, 5.74) is 3.11. The molecule has 6 rings (SSSR count). The van der Waals surface area contributed by atoms with Gasteiger partial charge in [-0.2, -0.15) is 0 Å². The van der Waals surface area contributed by atoms with Crippen LogP contribution in [0.2, 0.25) is 5.02 Å². The minimum atomic E-state index is -0.312. The summed E-state index contributed by atoms with van der Waals surface area (Å²) in [5, 5.41) is 3.77. The van der Waals surface area contributed by atoms with Crippen molar-refractivity contribution in [3.05, 3.63) is 76.1 Å². The van der Waals surface area contributed by atoms with E-state index >= 15 is 0 Å². The molecule has 1 amide bonds. The van der Waals surface area contributed by atoms with E-state index in [2.05, 4.69) is 27.3 Å². The molecule has 0 bridgehead atoms. The molecule has 0 unspecified atom stereocenters. The molecule has 0 atom stereocenters. The van der Waals surface area contributed by atoms with E-state index in [1.54, 1.807) is 6.20 Å². The number of rotatable bonds is 6. The highest BCUT2D eigenvalue weighted by atomic mass is 35.5. The van der Waals surface area contributed by atoms with Crippen molar-refractivity contribution in [2.75, 3.05) is 24.8 Å². The highest BCUT2D eigenvalue weighted by Gasteiger charge is 2.44. The Hall–Kier alpha value is -3.32. The monoisotopic (exact) mass is 490 g/mol. The van der Waals surface area contributed by atoms with Crippen LogP contribution in [0, 0.1) is 0 Å². The van der Waals surface area contributed by atoms with Crippen LogP contribution in [0.1, 0.15) is 59.3 Å². The highest BCUT2D eigenvalue weighted by molar-refractivity contribution is 6.30. The van der Waals surface area contributed by atoms with Gasteiger partial charge in [0.05, 0.1) is 11.3 Å². The molecule has 3 aliphatic rings. The van der Waals surface area contributed by atoms with Crippen molar-refractivity contribution in [2.24, 2.45) is 0 Å². The van der Waals surface area contributed by atoms with Crippen molar-refractivity contribution >= 4 is 23.5 Å². The van der Waals surface area contributed by atoms with Gasteiger partial charge in [0, 0.05) is 36.3 Å². The van der Waals surface area contributed by atoms with Crippen molar-refractivity contribution in [3.63, 3.8) is 0 Å². The van der Waals surface area contributed by atoms with Gasteiger partial charge in [0.25, 0.3) is 5.91 Å². The number of hydrogen-bond donors (Lipinski definition) is 1. The molecule has 1 saturated heterocycles. The SMILES string of the molecule is O=C(NCc1ccc2c(c1)OCO2)c1cnc(N2CCCC2)nc1C1(c2ccc(Cl)cc2)CCC1. The van der Waals surface area contributed by atoms with E-state index in [4.69, 9.17) is 26.1 Å². The summed E-state index contributed by atoms with van der Waals surface area (Å²) in [4.78, 5) is 25.4. The molecule has 1 N–H and O–H groups in total. The van der Waals surface area contributed by atoms with Crippen molar-refractivity contribution in [1.29, 1.82) is 0 Å². The number of halogens is 1. The topological polar surface area (TPSA) is 76.6 Å². The maximum Gasteiger partial charge on any atom is 0.255 e. The first kappa shape index (κ1) is 22.2. The first-order valence-electron chi connectivity index (χ1n) is 12.2. The third-order valence-electron chi connectivity index (χ3n) is 7.36. The highest BCUT2D eigenvalue weighted by Crippen LogP contribution is 2.49. The number of carbonyl (C=O) groups is 1. The Labute approximate surface area is 209 Å². The Kier molecular flexibility index (Phi) is 5.72. The average Bonchev–Trinajstić information content (AvgIpc) is 3.55. The molecular formula is C27H27ClN4O3. The second-order valence-corrected chi connectivity index (χ2v) is 9.88. The van der Waals surface area contributed by atoms with Gasteiger partial charge in [-0.15, -0.1) is 0 Å². The molecule has 180 valence electrons. The Bertz CT molecular complexity index is 1250. The summed E-state index contributed by atoms with van der Waals surface area (Å²) in [6.07, 6.45) is 6.95. The fourth-order valence-corrected chi connectivity index (χ4v) is 5.39. The second-order valence-electron chi connectivity index (χ2n) is 9.44. The molecule has 3 aromatic rings. The van der Waals surface area contributed by atoms with Gasteiger partial charge in [-0.05, 0) is 61.1 Å². The van der Waals surface area contributed by atoms with Gasteiger partial charge in [-0.25, -0.2) is 9.97 Å². The molecule has 7 nitrogen and oxygen atoms in total. The van der Waals surface area contributed by atoms with Gasteiger partial charge in [-0.1, -0.05) is 36.2 Å². The molecule has 1 saturated carbocycles. The van der Waals surface area contributed by atoms with Crippen molar-refractivity contribution in [1.82, 2.24) is 15.3 Å². The Morgan fingerprint density at radius 3 is 2.54 bits per heavy atom. The predicted octanol–water partition coefficient (Wildman–Crippen LogP) is 4.86. The van der Waals surface area contributed by atoms with E-state index in [1.807, 2.05) is 30.3 Å². The van der Waals surface area contributed by atoms with Gasteiger partial charge in [-0.3, -0.25) is 4.79 Å². The van der Waals surface area contributed by atoms with Gasteiger partial charge in [0.1, 0.15) is 0 Å². The third kappa shape index (κ3) is 4.08. The van der Waals surface area contributed by atoms with Gasteiger partial charge in [0.2, 0.25) is 12.7 Å². The minimum Gasteiger partial charge on any atom is -0.454 e. The zero-order chi connectivity index (χ0) is 23.8. The molecule has 3 heterocycles. The number of nitrogens with zero attached hydrogens (tertiary/aromatic N) is 3. The number of ether oxygens (including phenoxy) is 2. The van der Waals surface area contributed by atoms with Crippen LogP contribution in [0.25, 0.3) is 0 Å². The van der Waals surface area contributed by atoms with Gasteiger partial charge < -0.3 is 19.7 Å². The zero-order valence-electron chi connectivity index (χ0n) is 19.4. The van der Waals surface area contributed by atoms with Gasteiger partial charge >= 0.3 is 0 Å². The summed E-state index contributed by atoms with van der Waals surface area (Å²) in [6, 6.07) is 13.7. The van der Waals surface area contributed by atoms with Crippen LogP contribution in [0.3, 0.4) is 0 Å². The molecule has 35 heavy (non-hydrogen) atoms. The molecule has 1 aromatic heterocycles. The zero-order valence-corrected chi connectivity index (χ0v) is 20.2. The van der Waals surface area contributed by atoms with Crippen LogP contribution in [0.5, 0.6) is 11.5 Å². The van der Waals surface area contributed by atoms with Crippen LogP contribution in [0.15, 0.2) is 48.7 Å². The van der Waals surface area contributed by atoms with Crippen LogP contribution in [-0.2, 0) is 12.0 Å².